The van der Waals surface area contributed by atoms with E-state index in [4.69, 9.17) is 4.74 Å². The molecule has 0 spiro atoms. The van der Waals surface area contributed by atoms with E-state index in [2.05, 4.69) is 22.3 Å². The molecule has 0 unspecified atom stereocenters. The first-order chi connectivity index (χ1) is 7.86. The molecule has 0 aliphatic carbocycles. The minimum Gasteiger partial charge on any atom is -0.497 e. The lowest BCUT2D eigenvalue weighted by atomic mass is 10.1. The van der Waals surface area contributed by atoms with E-state index < -0.39 is 0 Å². The van der Waals surface area contributed by atoms with Gasteiger partial charge in [0, 0.05) is 24.8 Å². The second kappa shape index (κ2) is 3.98. The highest BCUT2D eigenvalue weighted by atomic mass is 16.5. The molecule has 2 aliphatic rings. The summed E-state index contributed by atoms with van der Waals surface area (Å²) in [5.41, 5.74) is 2.64. The van der Waals surface area contributed by atoms with Crippen molar-refractivity contribution in [3.8, 4) is 5.75 Å². The molecule has 3 heteroatoms. The number of nitrogens with zero attached hydrogens (tertiary/aromatic N) is 1. The van der Waals surface area contributed by atoms with Gasteiger partial charge in [0.05, 0.1) is 7.11 Å². The smallest absolute Gasteiger partial charge is 0.119 e. The molecule has 0 radical (unpaired) electrons. The lowest BCUT2D eigenvalue weighted by Crippen LogP contribution is -2.31. The van der Waals surface area contributed by atoms with E-state index in [9.17, 15) is 0 Å². The molecule has 0 saturated carbocycles. The summed E-state index contributed by atoms with van der Waals surface area (Å²) in [6, 6.07) is 7.04. The van der Waals surface area contributed by atoms with Gasteiger partial charge in [-0.1, -0.05) is 0 Å². The summed E-state index contributed by atoms with van der Waals surface area (Å²) in [5.74, 6) is 0.957. The van der Waals surface area contributed by atoms with Crippen LogP contribution in [0.3, 0.4) is 0 Å². The topological polar surface area (TPSA) is 24.5 Å². The van der Waals surface area contributed by atoms with E-state index in [1.54, 1.807) is 7.11 Å². The van der Waals surface area contributed by atoms with Crippen molar-refractivity contribution in [3.05, 3.63) is 23.8 Å². The molecule has 2 heterocycles. The van der Waals surface area contributed by atoms with Crippen LogP contribution in [-0.4, -0.2) is 31.1 Å². The van der Waals surface area contributed by atoms with E-state index in [0.29, 0.717) is 0 Å². The van der Waals surface area contributed by atoms with Crippen LogP contribution < -0.4 is 10.1 Å². The summed E-state index contributed by atoms with van der Waals surface area (Å²) < 4.78 is 5.29. The highest BCUT2D eigenvalue weighted by Crippen LogP contribution is 2.30. The monoisotopic (exact) mass is 218 g/mol. The van der Waals surface area contributed by atoms with Gasteiger partial charge in [0.2, 0.25) is 0 Å². The first kappa shape index (κ1) is 9.97. The van der Waals surface area contributed by atoms with Crippen LogP contribution in [0.4, 0.5) is 5.69 Å². The highest BCUT2D eigenvalue weighted by molar-refractivity contribution is 5.55. The van der Waals surface area contributed by atoms with Gasteiger partial charge in [-0.3, -0.25) is 4.90 Å². The van der Waals surface area contributed by atoms with Gasteiger partial charge in [0.15, 0.2) is 0 Å². The van der Waals surface area contributed by atoms with Crippen molar-refractivity contribution in [2.75, 3.05) is 25.5 Å². The van der Waals surface area contributed by atoms with Gasteiger partial charge in [-0.25, -0.2) is 0 Å². The molecule has 2 aliphatic heterocycles. The zero-order chi connectivity index (χ0) is 11.0. The van der Waals surface area contributed by atoms with Crippen molar-refractivity contribution in [1.29, 1.82) is 0 Å². The minimum atomic E-state index is 0.721. The van der Waals surface area contributed by atoms with E-state index >= 15 is 0 Å². The largest absolute Gasteiger partial charge is 0.497 e. The summed E-state index contributed by atoms with van der Waals surface area (Å²) in [6.45, 7) is 3.38. The van der Waals surface area contributed by atoms with Crippen LogP contribution in [0.1, 0.15) is 18.4 Å². The van der Waals surface area contributed by atoms with E-state index in [1.165, 1.54) is 30.6 Å². The maximum absolute atomic E-state index is 5.29. The average molecular weight is 218 g/mol. The molecule has 1 aromatic carbocycles. The van der Waals surface area contributed by atoms with Crippen LogP contribution in [0.25, 0.3) is 0 Å². The van der Waals surface area contributed by atoms with Gasteiger partial charge in [-0.05, 0) is 43.1 Å². The van der Waals surface area contributed by atoms with Gasteiger partial charge >= 0.3 is 0 Å². The lowest BCUT2D eigenvalue weighted by molar-refractivity contribution is 0.259. The molecule has 3 nitrogen and oxygen atoms in total. The number of rotatable bonds is 1. The van der Waals surface area contributed by atoms with Crippen LogP contribution in [-0.2, 0) is 6.54 Å². The van der Waals surface area contributed by atoms with Crippen molar-refractivity contribution < 1.29 is 4.74 Å². The van der Waals surface area contributed by atoms with Crippen LogP contribution in [0.2, 0.25) is 0 Å². The van der Waals surface area contributed by atoms with Crippen LogP contribution >= 0.6 is 0 Å². The standard InChI is InChI=1S/C13H18N2O/c1-16-12-4-5-13-10(7-12)9-15-6-2-3-11(15)8-14-13/h4-5,7,11,14H,2-3,6,8-9H2,1H3/t11-/m1/s1. The van der Waals surface area contributed by atoms with Gasteiger partial charge in [0.1, 0.15) is 5.75 Å². The number of nitrogens with one attached hydrogen (secondary N) is 1. The van der Waals surface area contributed by atoms with Gasteiger partial charge in [0.25, 0.3) is 0 Å². The number of ether oxygens (including phenoxy) is 1. The fourth-order valence-electron chi connectivity index (χ4n) is 2.78. The molecule has 1 fully saturated rings. The Morgan fingerprint density at radius 2 is 2.38 bits per heavy atom. The minimum absolute atomic E-state index is 0.721. The number of hydrogen-bond donors (Lipinski definition) is 1. The third-order valence-electron chi connectivity index (χ3n) is 3.71. The zero-order valence-electron chi connectivity index (χ0n) is 9.70. The number of anilines is 1. The molecule has 0 aromatic heterocycles. The van der Waals surface area contributed by atoms with Crippen LogP contribution in [0.5, 0.6) is 5.75 Å². The van der Waals surface area contributed by atoms with Crippen molar-refractivity contribution in [2.45, 2.75) is 25.4 Å². The van der Waals surface area contributed by atoms with Gasteiger partial charge in [-0.2, -0.15) is 0 Å². The quantitative estimate of drug-likeness (QED) is 0.781. The Labute approximate surface area is 96.4 Å². The molecule has 0 bridgehead atoms. The summed E-state index contributed by atoms with van der Waals surface area (Å²) in [6.07, 6.45) is 2.67. The summed E-state index contributed by atoms with van der Waals surface area (Å²) in [5, 5.41) is 3.55. The Balaban J connectivity index is 1.91. The lowest BCUT2D eigenvalue weighted by Gasteiger charge is -2.20. The molecular formula is C13H18N2O. The molecule has 1 N–H and O–H groups in total. The van der Waals surface area contributed by atoms with Gasteiger partial charge < -0.3 is 10.1 Å². The van der Waals surface area contributed by atoms with E-state index in [0.717, 1.165) is 24.9 Å². The maximum Gasteiger partial charge on any atom is 0.119 e. The van der Waals surface area contributed by atoms with Crippen molar-refractivity contribution in [2.24, 2.45) is 0 Å². The van der Waals surface area contributed by atoms with E-state index in [-0.39, 0.29) is 0 Å². The number of fused-ring (bicyclic) bond motifs is 2. The predicted molar refractivity (Wildman–Crippen MR) is 64.9 cm³/mol. The van der Waals surface area contributed by atoms with Crippen molar-refractivity contribution in [1.82, 2.24) is 4.90 Å². The number of benzene rings is 1. The molecule has 1 aromatic rings. The summed E-state index contributed by atoms with van der Waals surface area (Å²) in [7, 11) is 1.73. The normalized spacial score (nSPS) is 24.2. The summed E-state index contributed by atoms with van der Waals surface area (Å²) >= 11 is 0. The van der Waals surface area contributed by atoms with Crippen LogP contribution in [0, 0.1) is 0 Å². The van der Waals surface area contributed by atoms with Crippen LogP contribution in [0.15, 0.2) is 18.2 Å². The summed E-state index contributed by atoms with van der Waals surface area (Å²) in [4.78, 5) is 2.58. The fourth-order valence-corrected chi connectivity index (χ4v) is 2.78. The van der Waals surface area contributed by atoms with Gasteiger partial charge in [-0.15, -0.1) is 0 Å². The first-order valence-electron chi connectivity index (χ1n) is 6.01. The molecule has 3 rings (SSSR count). The van der Waals surface area contributed by atoms with Crippen molar-refractivity contribution in [3.63, 3.8) is 0 Å². The highest BCUT2D eigenvalue weighted by Gasteiger charge is 2.27. The Kier molecular flexibility index (Phi) is 2.48. The molecular weight excluding hydrogens is 200 g/mol. The van der Waals surface area contributed by atoms with Crippen molar-refractivity contribution >= 4 is 5.69 Å². The average Bonchev–Trinajstić information content (AvgIpc) is 2.68. The second-order valence-corrected chi connectivity index (χ2v) is 4.67. The third kappa shape index (κ3) is 1.65. The fraction of sp³-hybridized carbons (Fsp3) is 0.538. The number of methoxy groups -OCH3 is 1. The zero-order valence-corrected chi connectivity index (χ0v) is 9.70. The first-order valence-corrected chi connectivity index (χ1v) is 6.01. The maximum atomic E-state index is 5.29. The Morgan fingerprint density at radius 3 is 3.25 bits per heavy atom. The SMILES string of the molecule is COc1ccc2c(c1)CN1CCC[C@@H]1CN2. The Hall–Kier alpha value is -1.22. The predicted octanol–water partition coefficient (Wildman–Crippen LogP) is 2.09. The molecule has 1 saturated heterocycles. The molecule has 0 amide bonds. The Morgan fingerprint density at radius 1 is 1.44 bits per heavy atom. The molecule has 1 atom stereocenters. The second-order valence-electron chi connectivity index (χ2n) is 4.67. The Bertz CT molecular complexity index is 392. The van der Waals surface area contributed by atoms with E-state index in [1.807, 2.05) is 6.07 Å². The molecule has 86 valence electrons. The third-order valence-corrected chi connectivity index (χ3v) is 3.71. The number of hydrogen-bond acceptors (Lipinski definition) is 3. The molecule has 16 heavy (non-hydrogen) atoms.